The molecule has 4 fully saturated rings. The third-order valence-corrected chi connectivity index (χ3v) is 10.4. The standard InChI is InChI=1S/C31H34ClF2N5O3/c1-38-18-4-2-5-20(10-18)42-29-24-27(25(34)26(35-29)21-11-19(40)12-22(32)23(21)16-6-7-16)36-30(37-28(24)38)41-15-31-8-3-9-39(31)14-17(33)13-31/h11-12,16-18,20,40H,2-10,13-15H2,1H3/t17-,18?,20?,31+/m1/s1. The summed E-state index contributed by atoms with van der Waals surface area (Å²) in [5.74, 6) is 0.268. The first kappa shape index (κ1) is 26.6. The number of aromatic nitrogens is 3. The Kier molecular flexibility index (Phi) is 6.20. The molecular weight excluding hydrogens is 564 g/mol. The van der Waals surface area contributed by atoms with E-state index in [2.05, 4.69) is 14.8 Å². The molecule has 4 atom stereocenters. The molecule has 5 aliphatic rings. The van der Waals surface area contributed by atoms with Crippen LogP contribution in [0.2, 0.25) is 5.02 Å². The van der Waals surface area contributed by atoms with Crippen LogP contribution in [0.4, 0.5) is 14.6 Å². The molecule has 2 saturated carbocycles. The topological polar surface area (TPSA) is 83.8 Å². The van der Waals surface area contributed by atoms with E-state index < -0.39 is 12.0 Å². The molecule has 2 unspecified atom stereocenters. The smallest absolute Gasteiger partial charge is 0.319 e. The average Bonchev–Trinajstić information content (AvgIpc) is 3.65. The van der Waals surface area contributed by atoms with Crippen LogP contribution >= 0.6 is 11.6 Å². The van der Waals surface area contributed by atoms with E-state index in [1.807, 2.05) is 7.05 Å². The number of rotatable bonds is 5. The first-order valence-electron chi connectivity index (χ1n) is 15.1. The second-order valence-corrected chi connectivity index (χ2v) is 13.2. The Hall–Kier alpha value is -2.98. The zero-order chi connectivity index (χ0) is 28.7. The van der Waals surface area contributed by atoms with Crippen molar-refractivity contribution in [2.75, 3.05) is 31.6 Å². The number of aromatic hydroxyl groups is 1. The Bertz CT molecular complexity index is 1590. The molecule has 42 heavy (non-hydrogen) atoms. The van der Waals surface area contributed by atoms with E-state index in [4.69, 9.17) is 31.0 Å². The number of hydrogen-bond donors (Lipinski definition) is 1. The molecule has 2 saturated heterocycles. The highest BCUT2D eigenvalue weighted by Gasteiger charge is 2.49. The summed E-state index contributed by atoms with van der Waals surface area (Å²) >= 11 is 6.59. The molecule has 3 aromatic rings. The van der Waals surface area contributed by atoms with Crippen molar-refractivity contribution in [2.45, 2.75) is 87.6 Å². The molecule has 5 heterocycles. The normalized spacial score (nSPS) is 28.9. The highest BCUT2D eigenvalue weighted by molar-refractivity contribution is 6.32. The van der Waals surface area contributed by atoms with Gasteiger partial charge in [0.15, 0.2) is 5.82 Å². The Morgan fingerprint density at radius 2 is 2.02 bits per heavy atom. The number of phenols is 1. The SMILES string of the molecule is CN1c2nc(OC[C@@]34CCCN3C[C@H](F)C4)nc3c(F)c(-c4cc(O)cc(Cl)c4C4CC4)nc(c23)OC2CCCC1C2. The van der Waals surface area contributed by atoms with Crippen molar-refractivity contribution >= 4 is 28.3 Å². The second kappa shape index (κ2) is 9.77. The Morgan fingerprint density at radius 1 is 1.17 bits per heavy atom. The molecule has 8 rings (SSSR count). The van der Waals surface area contributed by atoms with E-state index in [0.29, 0.717) is 34.8 Å². The molecule has 2 aliphatic carbocycles. The van der Waals surface area contributed by atoms with Gasteiger partial charge in [0.1, 0.15) is 47.0 Å². The molecule has 0 spiro atoms. The highest BCUT2D eigenvalue weighted by Crippen LogP contribution is 2.50. The fourth-order valence-electron chi connectivity index (χ4n) is 7.83. The first-order valence-corrected chi connectivity index (χ1v) is 15.5. The summed E-state index contributed by atoms with van der Waals surface area (Å²) < 4.78 is 43.9. The fraction of sp³-hybridized carbons (Fsp3) is 0.581. The molecule has 0 radical (unpaired) electrons. The van der Waals surface area contributed by atoms with Crippen molar-refractivity contribution in [2.24, 2.45) is 0 Å². The van der Waals surface area contributed by atoms with E-state index in [9.17, 15) is 9.50 Å². The van der Waals surface area contributed by atoms with Gasteiger partial charge in [-0.1, -0.05) is 11.6 Å². The average molecular weight is 598 g/mol. The lowest BCUT2D eigenvalue weighted by atomic mass is 9.91. The fourth-order valence-corrected chi connectivity index (χ4v) is 8.20. The predicted octanol–water partition coefficient (Wildman–Crippen LogP) is 6.16. The lowest BCUT2D eigenvalue weighted by Crippen LogP contribution is -2.44. The quantitative estimate of drug-likeness (QED) is 0.374. The monoisotopic (exact) mass is 597 g/mol. The number of hydrogen-bond acceptors (Lipinski definition) is 8. The molecule has 2 aromatic heterocycles. The number of phenolic OH excluding ortho intramolecular Hbond substituents is 1. The second-order valence-electron chi connectivity index (χ2n) is 12.8. The molecule has 0 amide bonds. The number of fused-ring (bicyclic) bond motifs is 3. The van der Waals surface area contributed by atoms with Crippen LogP contribution in [-0.4, -0.2) is 75.6 Å². The lowest BCUT2D eigenvalue weighted by Gasteiger charge is -2.38. The number of nitrogens with zero attached hydrogens (tertiary/aromatic N) is 5. The van der Waals surface area contributed by atoms with Crippen LogP contribution in [0.5, 0.6) is 17.6 Å². The predicted molar refractivity (Wildman–Crippen MR) is 155 cm³/mol. The van der Waals surface area contributed by atoms with E-state index in [1.54, 1.807) is 0 Å². The van der Waals surface area contributed by atoms with Crippen LogP contribution in [-0.2, 0) is 0 Å². The summed E-state index contributed by atoms with van der Waals surface area (Å²) in [5.41, 5.74) is 0.932. The van der Waals surface area contributed by atoms with Gasteiger partial charge in [0.25, 0.3) is 0 Å². The number of benzene rings is 1. The van der Waals surface area contributed by atoms with Crippen molar-refractivity contribution in [3.8, 4) is 28.9 Å². The molecule has 3 aliphatic heterocycles. The van der Waals surface area contributed by atoms with Crippen LogP contribution in [0.25, 0.3) is 22.2 Å². The third kappa shape index (κ3) is 4.27. The largest absolute Gasteiger partial charge is 0.508 e. The Labute approximate surface area is 248 Å². The first-order chi connectivity index (χ1) is 20.3. The minimum absolute atomic E-state index is 0.0417. The number of alkyl halides is 1. The summed E-state index contributed by atoms with van der Waals surface area (Å²) in [6, 6.07) is 3.24. The van der Waals surface area contributed by atoms with Gasteiger partial charge in [-0.15, -0.1) is 0 Å². The number of halogens is 3. The van der Waals surface area contributed by atoms with Gasteiger partial charge in [-0.3, -0.25) is 4.90 Å². The highest BCUT2D eigenvalue weighted by atomic mass is 35.5. The molecule has 1 aromatic carbocycles. The summed E-state index contributed by atoms with van der Waals surface area (Å²) in [7, 11) is 1.97. The number of ether oxygens (including phenoxy) is 2. The van der Waals surface area contributed by atoms with Crippen molar-refractivity contribution in [1.29, 1.82) is 0 Å². The third-order valence-electron chi connectivity index (χ3n) is 10.1. The maximum Gasteiger partial charge on any atom is 0.319 e. The van der Waals surface area contributed by atoms with Crippen LogP contribution in [0, 0.1) is 5.82 Å². The van der Waals surface area contributed by atoms with Gasteiger partial charge in [-0.05, 0) is 75.1 Å². The summed E-state index contributed by atoms with van der Waals surface area (Å²) in [6.07, 6.45) is 6.84. The summed E-state index contributed by atoms with van der Waals surface area (Å²) in [4.78, 5) is 18.5. The molecule has 8 nitrogen and oxygen atoms in total. The van der Waals surface area contributed by atoms with E-state index >= 15 is 4.39 Å². The van der Waals surface area contributed by atoms with Gasteiger partial charge in [0, 0.05) is 43.1 Å². The Balaban J connectivity index is 1.30. The number of pyridine rings is 1. The summed E-state index contributed by atoms with van der Waals surface area (Å²) in [6.45, 7) is 1.50. The molecule has 1 N–H and O–H groups in total. The van der Waals surface area contributed by atoms with Gasteiger partial charge >= 0.3 is 6.01 Å². The van der Waals surface area contributed by atoms with Gasteiger partial charge < -0.3 is 19.5 Å². The maximum absolute atomic E-state index is 16.8. The molecular formula is C31H34ClF2N5O3. The van der Waals surface area contributed by atoms with Crippen molar-refractivity contribution in [3.63, 3.8) is 0 Å². The lowest BCUT2D eigenvalue weighted by molar-refractivity contribution is 0.107. The molecule has 222 valence electrons. The molecule has 2 bridgehead atoms. The minimum Gasteiger partial charge on any atom is -0.508 e. The van der Waals surface area contributed by atoms with Crippen molar-refractivity contribution < 1.29 is 23.4 Å². The van der Waals surface area contributed by atoms with Crippen LogP contribution < -0.4 is 14.4 Å². The number of anilines is 1. The van der Waals surface area contributed by atoms with E-state index in [-0.39, 0.29) is 59.1 Å². The van der Waals surface area contributed by atoms with E-state index in [0.717, 1.165) is 63.5 Å². The summed E-state index contributed by atoms with van der Waals surface area (Å²) in [5, 5.41) is 11.3. The minimum atomic E-state index is -0.884. The van der Waals surface area contributed by atoms with E-state index in [1.165, 1.54) is 12.1 Å². The van der Waals surface area contributed by atoms with Crippen molar-refractivity contribution in [1.82, 2.24) is 19.9 Å². The van der Waals surface area contributed by atoms with Gasteiger partial charge in [0.2, 0.25) is 5.88 Å². The molecule has 11 heteroatoms. The van der Waals surface area contributed by atoms with Crippen LogP contribution in [0.1, 0.15) is 69.3 Å². The maximum atomic E-state index is 16.8. The van der Waals surface area contributed by atoms with Gasteiger partial charge in [0.05, 0.1) is 5.54 Å². The van der Waals surface area contributed by atoms with Crippen molar-refractivity contribution in [3.05, 3.63) is 28.5 Å². The van der Waals surface area contributed by atoms with Gasteiger partial charge in [-0.2, -0.15) is 9.97 Å². The zero-order valence-electron chi connectivity index (χ0n) is 23.6. The Morgan fingerprint density at radius 3 is 2.86 bits per heavy atom. The van der Waals surface area contributed by atoms with Gasteiger partial charge in [-0.25, -0.2) is 13.8 Å². The van der Waals surface area contributed by atoms with Crippen LogP contribution in [0.15, 0.2) is 12.1 Å². The van der Waals surface area contributed by atoms with Crippen LogP contribution in [0.3, 0.4) is 0 Å². The zero-order valence-corrected chi connectivity index (χ0v) is 24.3.